The van der Waals surface area contributed by atoms with Crippen LogP contribution in [0, 0.1) is 27.7 Å². The third-order valence-electron chi connectivity index (χ3n) is 17.6. The molecule has 15 rings (SSSR count). The monoisotopic (exact) mass is 1600 g/mol. The van der Waals surface area contributed by atoms with E-state index in [4.69, 9.17) is 33.2 Å². The van der Waals surface area contributed by atoms with E-state index >= 15 is 0 Å². The zero-order chi connectivity index (χ0) is 79.6. The second-order valence-corrected chi connectivity index (χ2v) is 32.2. The van der Waals surface area contributed by atoms with Crippen molar-refractivity contribution in [2.75, 3.05) is 73.8 Å². The third kappa shape index (κ3) is 25.0. The first kappa shape index (κ1) is 83.0. The number of pyridine rings is 8. The molecule has 0 atom stereocenters. The average Bonchev–Trinajstić information content (AvgIpc) is 1.22. The third-order valence-corrected chi connectivity index (χ3v) is 22.0. The van der Waals surface area contributed by atoms with Gasteiger partial charge in [-0.15, -0.1) is 0 Å². The van der Waals surface area contributed by atoms with Crippen LogP contribution in [0.1, 0.15) is 112 Å². The summed E-state index contributed by atoms with van der Waals surface area (Å²) in [5.41, 5.74) is 15.8. The Bertz CT molecular complexity index is 5080. The van der Waals surface area contributed by atoms with Crippen LogP contribution >= 0.6 is 47.0 Å². The van der Waals surface area contributed by atoms with Crippen molar-refractivity contribution in [1.82, 2.24) is 39.9 Å². The lowest BCUT2D eigenvalue weighted by molar-refractivity contribution is -0.0464. The van der Waals surface area contributed by atoms with E-state index in [1.54, 1.807) is 95.3 Å². The Morgan fingerprint density at radius 2 is 0.746 bits per heavy atom. The number of aryl methyl sites for hydroxylation is 4. The molecular formula is C89H92N12O9S4. The number of aromatic nitrogens is 8. The van der Waals surface area contributed by atoms with Gasteiger partial charge in [-0.2, -0.15) is 0 Å². The molecule has 3 aliphatic rings. The van der Waals surface area contributed by atoms with E-state index in [2.05, 4.69) is 166 Å². The second kappa shape index (κ2) is 41.6. The van der Waals surface area contributed by atoms with Crippen LogP contribution in [0.15, 0.2) is 283 Å². The van der Waals surface area contributed by atoms with Crippen molar-refractivity contribution >= 4 is 82.2 Å². The fourth-order valence-electron chi connectivity index (χ4n) is 12.1. The minimum absolute atomic E-state index is 0.314. The van der Waals surface area contributed by atoms with Gasteiger partial charge in [0.1, 0.15) is 5.60 Å². The highest BCUT2D eigenvalue weighted by atomic mass is 32.2. The van der Waals surface area contributed by atoms with E-state index in [-0.39, 0.29) is 18.9 Å². The van der Waals surface area contributed by atoms with Crippen LogP contribution in [0.3, 0.4) is 0 Å². The number of hydrogen-bond acceptors (Lipinski definition) is 24. The lowest BCUT2D eigenvalue weighted by Crippen LogP contribution is -2.36. The molecule has 3 saturated heterocycles. The molecular weight excluding hydrogens is 1510 g/mol. The maximum Gasteiger partial charge on any atom is 0.415 e. The quantitative estimate of drug-likeness (QED) is 0.0555. The van der Waals surface area contributed by atoms with Crippen molar-refractivity contribution in [3.8, 4) is 0 Å². The normalized spacial score (nSPS) is 13.5. The molecule has 3 fully saturated rings. The highest BCUT2D eigenvalue weighted by Gasteiger charge is 2.27. The van der Waals surface area contributed by atoms with Crippen LogP contribution in [0.5, 0.6) is 0 Å². The van der Waals surface area contributed by atoms with Gasteiger partial charge in [-0.3, -0.25) is 49.6 Å². The van der Waals surface area contributed by atoms with Gasteiger partial charge in [0.2, 0.25) is 0 Å². The summed E-state index contributed by atoms with van der Waals surface area (Å²) in [6.07, 6.45) is 20.8. The van der Waals surface area contributed by atoms with Crippen molar-refractivity contribution in [2.24, 2.45) is 0 Å². The van der Waals surface area contributed by atoms with E-state index in [1.807, 2.05) is 152 Å². The van der Waals surface area contributed by atoms with Gasteiger partial charge < -0.3 is 48.3 Å². The Hall–Kier alpha value is -10.4. The van der Waals surface area contributed by atoms with Crippen LogP contribution < -0.4 is 20.0 Å². The Balaban J connectivity index is 0.000000141. The lowest BCUT2D eigenvalue weighted by atomic mass is 10.2. The molecule has 3 aliphatic heterocycles. The summed E-state index contributed by atoms with van der Waals surface area (Å²) < 4.78 is 39.6. The smallest absolute Gasteiger partial charge is 0.415 e. The Kier molecular flexibility index (Phi) is 30.3. The van der Waals surface area contributed by atoms with Gasteiger partial charge in [-0.1, -0.05) is 47.0 Å². The standard InChI is InChI=1S/C26H29N3O4S.C22H23N3O2S.C21H21N3O2S.C20H19N3OS/c1-18-15-19(9-12-28-18)17-29(25(30)33-26(2,3)4)20-5-7-21(8-6-20)34-23-10-11-27-16-22(23)24-31-13-14-32-24;1-16-13-17(7-10-24-16)15-25(2)18-3-5-19(6-4-18)28-21-8-9-23-14-20(21)22-26-11-12-27-22;1-15-12-16(6-9-23-15)13-24-17-2-4-18(5-3-17)27-20-7-8-22-14-19(20)21-25-10-11-26-21;1-15-11-16(7-10-22-15)13-23(2)18-3-5-19(6-4-18)25-20-8-9-21-12-17(20)14-24/h5-12,15-16,24H,13-14,17H2,1-4H3;3-10,13-14,22H,11-12,15H2,1-2H3;2-9,12,14,21,24H,10-11,13H2,1H3;3-12,14H,13H2,1-2H3. The summed E-state index contributed by atoms with van der Waals surface area (Å²) in [6.45, 7) is 20.1. The molecule has 1 amide bonds. The number of nitrogens with zero attached hydrogens (tertiary/aromatic N) is 11. The predicted octanol–water partition coefficient (Wildman–Crippen LogP) is 19.5. The van der Waals surface area contributed by atoms with Gasteiger partial charge in [-0.25, -0.2) is 4.79 Å². The predicted molar refractivity (Wildman–Crippen MR) is 448 cm³/mol. The lowest BCUT2D eigenvalue weighted by Gasteiger charge is -2.27. The number of nitrogens with one attached hydrogen (secondary N) is 1. The Labute approximate surface area is 683 Å². The zero-order valence-corrected chi connectivity index (χ0v) is 68.5. The number of benzene rings is 4. The fraction of sp³-hybridized carbons (Fsp3) is 0.258. The number of amides is 1. The first-order valence-corrected chi connectivity index (χ1v) is 40.5. The zero-order valence-electron chi connectivity index (χ0n) is 65.2. The van der Waals surface area contributed by atoms with Crippen molar-refractivity contribution < 1.29 is 42.7 Å². The molecule has 12 aromatic rings. The van der Waals surface area contributed by atoms with Crippen LogP contribution in [0.2, 0.25) is 0 Å². The fourth-order valence-corrected chi connectivity index (χ4v) is 15.7. The van der Waals surface area contributed by atoms with Crippen LogP contribution in [0.25, 0.3) is 0 Å². The molecule has 21 nitrogen and oxygen atoms in total. The summed E-state index contributed by atoms with van der Waals surface area (Å²) in [4.78, 5) is 72.5. The van der Waals surface area contributed by atoms with Gasteiger partial charge >= 0.3 is 6.09 Å². The van der Waals surface area contributed by atoms with E-state index in [1.165, 1.54) is 27.3 Å². The number of aldehydes is 1. The van der Waals surface area contributed by atoms with Crippen molar-refractivity contribution in [3.63, 3.8) is 0 Å². The second-order valence-electron chi connectivity index (χ2n) is 27.8. The summed E-state index contributed by atoms with van der Waals surface area (Å²) in [7, 11) is 4.18. The minimum atomic E-state index is -0.596. The van der Waals surface area contributed by atoms with Gasteiger partial charge in [-0.05, 0) is 241 Å². The number of ether oxygens (including phenoxy) is 7. The van der Waals surface area contributed by atoms with Crippen molar-refractivity contribution in [3.05, 3.63) is 312 Å². The van der Waals surface area contributed by atoms with Gasteiger partial charge in [0.15, 0.2) is 25.2 Å². The maximum absolute atomic E-state index is 13.1. The number of carbonyl (C=O) groups is 2. The molecule has 25 heteroatoms. The van der Waals surface area contributed by atoms with Crippen LogP contribution in [-0.2, 0) is 59.3 Å². The van der Waals surface area contributed by atoms with Gasteiger partial charge in [0, 0.05) is 215 Å². The summed E-state index contributed by atoms with van der Waals surface area (Å²) in [5, 5.41) is 3.45. The SMILES string of the molecule is Cc1cc(CN(C(=O)OC(C)(C)C)c2ccc(Sc3ccncc3C3OCCO3)cc2)ccn1.Cc1cc(CN(C)c2ccc(Sc3ccncc3C3OCCO3)cc2)ccn1.Cc1cc(CN(C)c2ccc(Sc3ccncc3C=O)cc2)ccn1.Cc1cc(CNc2ccc(Sc3ccncc3C3OCCO3)cc2)ccn1. The van der Waals surface area contributed by atoms with Gasteiger partial charge in [0.05, 0.1) is 46.2 Å². The molecule has 0 radical (unpaired) electrons. The first-order chi connectivity index (χ1) is 55.4. The molecule has 586 valence electrons. The maximum atomic E-state index is 13.1. The van der Waals surface area contributed by atoms with Crippen LogP contribution in [0.4, 0.5) is 27.5 Å². The Morgan fingerprint density at radius 3 is 1.11 bits per heavy atom. The van der Waals surface area contributed by atoms with Crippen molar-refractivity contribution in [2.45, 2.75) is 138 Å². The molecule has 0 bridgehead atoms. The summed E-state index contributed by atoms with van der Waals surface area (Å²) in [5.74, 6) is 0. The number of anilines is 4. The Morgan fingerprint density at radius 1 is 0.421 bits per heavy atom. The molecule has 0 spiro atoms. The molecule has 11 heterocycles. The number of carbonyl (C=O) groups excluding carboxylic acids is 2. The van der Waals surface area contributed by atoms with E-state index in [0.29, 0.717) is 51.7 Å². The van der Waals surface area contributed by atoms with Crippen molar-refractivity contribution in [1.29, 1.82) is 0 Å². The molecule has 0 aliphatic carbocycles. The molecule has 4 aromatic carbocycles. The topological polar surface area (TPSA) is 224 Å². The average molecular weight is 1600 g/mol. The van der Waals surface area contributed by atoms with E-state index in [9.17, 15) is 9.59 Å². The minimum Gasteiger partial charge on any atom is -0.443 e. The van der Waals surface area contributed by atoms with Crippen LogP contribution in [-0.4, -0.2) is 112 Å². The van der Waals surface area contributed by atoms with E-state index in [0.717, 1.165) is 122 Å². The molecule has 114 heavy (non-hydrogen) atoms. The largest absolute Gasteiger partial charge is 0.443 e. The number of rotatable bonds is 24. The molecule has 0 saturated carbocycles. The first-order valence-electron chi connectivity index (χ1n) is 37.3. The molecule has 0 unspecified atom stereocenters. The summed E-state index contributed by atoms with van der Waals surface area (Å²) >= 11 is 6.56. The highest BCUT2D eigenvalue weighted by molar-refractivity contribution is 8.00. The van der Waals surface area contributed by atoms with E-state index < -0.39 is 11.7 Å². The van der Waals surface area contributed by atoms with Gasteiger partial charge in [0.25, 0.3) is 0 Å². The highest BCUT2D eigenvalue weighted by Crippen LogP contribution is 2.41. The summed E-state index contributed by atoms with van der Waals surface area (Å²) in [6, 6.07) is 57.4. The number of hydrogen-bond donors (Lipinski definition) is 1. The molecule has 8 aromatic heterocycles. The molecule has 1 N–H and O–H groups in total.